The van der Waals surface area contributed by atoms with E-state index in [1.807, 2.05) is 14.1 Å². The van der Waals surface area contributed by atoms with Crippen LogP contribution in [0.1, 0.15) is 30.8 Å². The number of esters is 1. The number of pyridine rings is 1. The Morgan fingerprint density at radius 1 is 1.43 bits per heavy atom. The molecule has 118 valence electrons. The number of carbonyl (C=O) groups is 1. The third-order valence-electron chi connectivity index (χ3n) is 3.00. The van der Waals surface area contributed by atoms with Crippen LogP contribution in [0.2, 0.25) is 0 Å². The molecule has 6 heteroatoms. The lowest BCUT2D eigenvalue weighted by Gasteiger charge is -2.25. The number of methoxy groups -OCH3 is 1. The van der Waals surface area contributed by atoms with E-state index in [9.17, 15) is 4.79 Å². The van der Waals surface area contributed by atoms with Crippen LogP contribution >= 0.6 is 0 Å². The SMILES string of the molecule is COC(=O)c1ccc(N)c(NC(CC(C)C)CN(C)C)n1. The summed E-state index contributed by atoms with van der Waals surface area (Å²) in [5.41, 5.74) is 6.73. The second-order valence-corrected chi connectivity index (χ2v) is 5.86. The predicted molar refractivity (Wildman–Crippen MR) is 85.4 cm³/mol. The summed E-state index contributed by atoms with van der Waals surface area (Å²) in [5, 5.41) is 3.34. The maximum absolute atomic E-state index is 11.6. The van der Waals surface area contributed by atoms with Crippen molar-refractivity contribution in [3.63, 3.8) is 0 Å². The van der Waals surface area contributed by atoms with Crippen LogP contribution in [0, 0.1) is 5.92 Å². The number of nitrogens with zero attached hydrogens (tertiary/aromatic N) is 2. The van der Waals surface area contributed by atoms with Gasteiger partial charge in [-0.05, 0) is 38.6 Å². The summed E-state index contributed by atoms with van der Waals surface area (Å²) in [6.07, 6.45) is 0.988. The number of nitrogens with one attached hydrogen (secondary N) is 1. The number of aromatic nitrogens is 1. The molecule has 3 N–H and O–H groups in total. The van der Waals surface area contributed by atoms with Gasteiger partial charge in [0.1, 0.15) is 5.82 Å². The van der Waals surface area contributed by atoms with Crippen molar-refractivity contribution >= 4 is 17.5 Å². The largest absolute Gasteiger partial charge is 0.464 e. The lowest BCUT2D eigenvalue weighted by molar-refractivity contribution is 0.0594. The first-order valence-electron chi connectivity index (χ1n) is 7.09. The van der Waals surface area contributed by atoms with Crippen molar-refractivity contribution in [3.8, 4) is 0 Å². The quantitative estimate of drug-likeness (QED) is 0.747. The third kappa shape index (κ3) is 5.59. The zero-order chi connectivity index (χ0) is 16.0. The fraction of sp³-hybridized carbons (Fsp3) is 0.600. The van der Waals surface area contributed by atoms with Crippen molar-refractivity contribution in [1.82, 2.24) is 9.88 Å². The second kappa shape index (κ2) is 7.83. The van der Waals surface area contributed by atoms with Crippen LogP contribution in [-0.2, 0) is 4.74 Å². The molecule has 1 aromatic heterocycles. The van der Waals surface area contributed by atoms with Gasteiger partial charge in [-0.2, -0.15) is 0 Å². The Balaban J connectivity index is 2.93. The van der Waals surface area contributed by atoms with Gasteiger partial charge in [0.25, 0.3) is 0 Å². The Morgan fingerprint density at radius 2 is 2.10 bits per heavy atom. The summed E-state index contributed by atoms with van der Waals surface area (Å²) in [5.74, 6) is 0.615. The van der Waals surface area contributed by atoms with Crippen LogP contribution < -0.4 is 11.1 Å². The zero-order valence-electron chi connectivity index (χ0n) is 13.5. The van der Waals surface area contributed by atoms with Crippen LogP contribution in [0.25, 0.3) is 0 Å². The van der Waals surface area contributed by atoms with E-state index in [1.165, 1.54) is 7.11 Å². The first-order valence-corrected chi connectivity index (χ1v) is 7.09. The van der Waals surface area contributed by atoms with Gasteiger partial charge in [0.15, 0.2) is 5.69 Å². The van der Waals surface area contributed by atoms with E-state index in [2.05, 4.69) is 33.8 Å². The summed E-state index contributed by atoms with van der Waals surface area (Å²) in [6.45, 7) is 5.21. The minimum absolute atomic E-state index is 0.211. The van der Waals surface area contributed by atoms with Crippen LogP contribution in [0.5, 0.6) is 0 Å². The lowest BCUT2D eigenvalue weighted by Crippen LogP contribution is -2.34. The number of anilines is 2. The highest BCUT2D eigenvalue weighted by Gasteiger charge is 2.16. The van der Waals surface area contributed by atoms with Gasteiger partial charge in [0.2, 0.25) is 0 Å². The normalized spacial score (nSPS) is 12.5. The zero-order valence-corrected chi connectivity index (χ0v) is 13.5. The van der Waals surface area contributed by atoms with Crippen molar-refractivity contribution in [3.05, 3.63) is 17.8 Å². The van der Waals surface area contributed by atoms with Gasteiger partial charge in [0, 0.05) is 12.6 Å². The first-order chi connectivity index (χ1) is 9.83. The van der Waals surface area contributed by atoms with Gasteiger partial charge in [-0.25, -0.2) is 9.78 Å². The molecule has 1 rings (SSSR count). The lowest BCUT2D eigenvalue weighted by atomic mass is 10.0. The predicted octanol–water partition coefficient (Wildman–Crippen LogP) is 1.84. The molecule has 21 heavy (non-hydrogen) atoms. The van der Waals surface area contributed by atoms with E-state index in [4.69, 9.17) is 5.73 Å². The van der Waals surface area contributed by atoms with E-state index in [1.54, 1.807) is 12.1 Å². The number of nitrogen functional groups attached to an aromatic ring is 1. The molecule has 0 aliphatic rings. The Hall–Kier alpha value is -1.82. The minimum atomic E-state index is -0.467. The Bertz CT molecular complexity index is 465. The van der Waals surface area contributed by atoms with Crippen LogP contribution in [0.15, 0.2) is 12.1 Å². The number of likely N-dealkylation sites (N-methyl/N-ethyl adjacent to an activating group) is 1. The Kier molecular flexibility index (Phi) is 6.42. The van der Waals surface area contributed by atoms with Crippen LogP contribution in [-0.4, -0.2) is 49.6 Å². The van der Waals surface area contributed by atoms with Crippen LogP contribution in [0.3, 0.4) is 0 Å². The molecule has 0 amide bonds. The molecule has 0 fully saturated rings. The molecular weight excluding hydrogens is 268 g/mol. The van der Waals surface area contributed by atoms with Gasteiger partial charge in [-0.1, -0.05) is 13.8 Å². The van der Waals surface area contributed by atoms with E-state index in [0.717, 1.165) is 13.0 Å². The Labute approximate surface area is 126 Å². The maximum Gasteiger partial charge on any atom is 0.356 e. The molecule has 1 unspecified atom stereocenters. The molecule has 1 heterocycles. The molecule has 0 aliphatic carbocycles. The van der Waals surface area contributed by atoms with Crippen LogP contribution in [0.4, 0.5) is 11.5 Å². The molecular formula is C15H26N4O2. The number of ether oxygens (including phenoxy) is 1. The van der Waals surface area contributed by atoms with E-state index >= 15 is 0 Å². The number of hydrogen-bond donors (Lipinski definition) is 2. The highest BCUT2D eigenvalue weighted by atomic mass is 16.5. The molecule has 0 spiro atoms. The third-order valence-corrected chi connectivity index (χ3v) is 3.00. The average Bonchev–Trinajstić information content (AvgIpc) is 2.38. The van der Waals surface area contributed by atoms with Gasteiger partial charge in [-0.3, -0.25) is 0 Å². The smallest absolute Gasteiger partial charge is 0.356 e. The standard InChI is InChI=1S/C15H26N4O2/c1-10(2)8-11(9-19(3)4)17-14-12(16)6-7-13(18-14)15(20)21-5/h6-7,10-11H,8-9,16H2,1-5H3,(H,17,18). The van der Waals surface area contributed by atoms with Gasteiger partial charge >= 0.3 is 5.97 Å². The summed E-state index contributed by atoms with van der Waals surface area (Å²) in [4.78, 5) is 17.9. The van der Waals surface area contributed by atoms with Gasteiger partial charge in [0.05, 0.1) is 12.8 Å². The van der Waals surface area contributed by atoms with Crippen molar-refractivity contribution in [2.75, 3.05) is 38.8 Å². The molecule has 0 bridgehead atoms. The van der Waals surface area contributed by atoms with Gasteiger partial charge in [-0.15, -0.1) is 0 Å². The number of rotatable bonds is 7. The van der Waals surface area contributed by atoms with E-state index < -0.39 is 5.97 Å². The van der Waals surface area contributed by atoms with Gasteiger partial charge < -0.3 is 20.7 Å². The average molecular weight is 294 g/mol. The summed E-state index contributed by atoms with van der Waals surface area (Å²) >= 11 is 0. The molecule has 1 aromatic rings. The number of hydrogen-bond acceptors (Lipinski definition) is 6. The Morgan fingerprint density at radius 3 is 2.62 bits per heavy atom. The highest BCUT2D eigenvalue weighted by molar-refractivity contribution is 5.88. The molecule has 6 nitrogen and oxygen atoms in total. The topological polar surface area (TPSA) is 80.5 Å². The number of nitrogens with two attached hydrogens (primary N) is 1. The summed E-state index contributed by atoms with van der Waals surface area (Å²) in [7, 11) is 5.38. The minimum Gasteiger partial charge on any atom is -0.464 e. The first kappa shape index (κ1) is 17.2. The fourth-order valence-electron chi connectivity index (χ4n) is 2.19. The second-order valence-electron chi connectivity index (χ2n) is 5.86. The maximum atomic E-state index is 11.6. The van der Waals surface area contributed by atoms with Crippen molar-refractivity contribution in [2.24, 2.45) is 5.92 Å². The monoisotopic (exact) mass is 294 g/mol. The highest BCUT2D eigenvalue weighted by Crippen LogP contribution is 2.19. The molecule has 0 radical (unpaired) electrons. The van der Waals surface area contributed by atoms with Crippen molar-refractivity contribution in [2.45, 2.75) is 26.3 Å². The molecule has 0 saturated heterocycles. The fourth-order valence-corrected chi connectivity index (χ4v) is 2.19. The number of carbonyl (C=O) groups excluding carboxylic acids is 1. The molecule has 0 saturated carbocycles. The summed E-state index contributed by atoms with van der Waals surface area (Å²) in [6, 6.07) is 3.45. The molecule has 1 atom stereocenters. The van der Waals surface area contributed by atoms with Crippen molar-refractivity contribution < 1.29 is 9.53 Å². The molecule has 0 aliphatic heterocycles. The molecule has 0 aromatic carbocycles. The van der Waals surface area contributed by atoms with E-state index in [-0.39, 0.29) is 11.7 Å². The van der Waals surface area contributed by atoms with E-state index in [0.29, 0.717) is 17.4 Å². The van der Waals surface area contributed by atoms with Crippen molar-refractivity contribution in [1.29, 1.82) is 0 Å². The summed E-state index contributed by atoms with van der Waals surface area (Å²) < 4.78 is 4.69.